The summed E-state index contributed by atoms with van der Waals surface area (Å²) in [6.07, 6.45) is 1.86. The molecule has 0 aromatic heterocycles. The van der Waals surface area contributed by atoms with Crippen molar-refractivity contribution in [3.8, 4) is 0 Å². The largest absolute Gasteiger partial charge is 0.349 e. The van der Waals surface area contributed by atoms with E-state index in [2.05, 4.69) is 38.3 Å². The second-order valence-corrected chi connectivity index (χ2v) is 8.17. The number of carbonyl (C=O) groups is 1. The molecule has 2 rings (SSSR count). The SMILES string of the molecule is CC1(C)CC(NC(=O)c2cc(Cl)ccc2Cl)CC(C)(C)[NH2+]1. The Balaban J connectivity index is 2.14. The number of benzene rings is 1. The zero-order chi connectivity index (χ0) is 15.8. The maximum absolute atomic E-state index is 12.4. The van der Waals surface area contributed by atoms with Crippen LogP contribution in [0.5, 0.6) is 0 Å². The Hall–Kier alpha value is -0.770. The first-order valence-electron chi connectivity index (χ1n) is 7.21. The zero-order valence-corrected chi connectivity index (χ0v) is 14.5. The van der Waals surface area contributed by atoms with Gasteiger partial charge in [0, 0.05) is 23.9 Å². The van der Waals surface area contributed by atoms with E-state index in [1.54, 1.807) is 18.2 Å². The molecule has 1 aromatic carbocycles. The summed E-state index contributed by atoms with van der Waals surface area (Å²) >= 11 is 12.0. The molecule has 0 saturated carbocycles. The van der Waals surface area contributed by atoms with Crippen molar-refractivity contribution in [3.05, 3.63) is 33.8 Å². The van der Waals surface area contributed by atoms with Crippen LogP contribution < -0.4 is 10.6 Å². The van der Waals surface area contributed by atoms with Crippen LogP contribution in [0, 0.1) is 0 Å². The van der Waals surface area contributed by atoms with Gasteiger partial charge in [-0.05, 0) is 45.9 Å². The van der Waals surface area contributed by atoms with Crippen molar-refractivity contribution in [2.75, 3.05) is 0 Å². The molecule has 1 saturated heterocycles. The van der Waals surface area contributed by atoms with E-state index >= 15 is 0 Å². The van der Waals surface area contributed by atoms with Crippen molar-refractivity contribution in [1.29, 1.82) is 0 Å². The molecule has 0 aliphatic carbocycles. The summed E-state index contributed by atoms with van der Waals surface area (Å²) in [5.41, 5.74) is 0.657. The van der Waals surface area contributed by atoms with Crippen molar-refractivity contribution < 1.29 is 10.1 Å². The van der Waals surface area contributed by atoms with Gasteiger partial charge in [-0.3, -0.25) is 4.79 Å². The molecule has 116 valence electrons. The lowest BCUT2D eigenvalue weighted by atomic mass is 9.79. The van der Waals surface area contributed by atoms with Gasteiger partial charge in [0.15, 0.2) is 0 Å². The molecule has 1 aliphatic heterocycles. The quantitative estimate of drug-likeness (QED) is 0.860. The fraction of sp³-hybridized carbons (Fsp3) is 0.562. The van der Waals surface area contributed by atoms with Gasteiger partial charge in [0.05, 0.1) is 21.7 Å². The van der Waals surface area contributed by atoms with Gasteiger partial charge >= 0.3 is 0 Å². The van der Waals surface area contributed by atoms with Crippen molar-refractivity contribution in [3.63, 3.8) is 0 Å². The van der Waals surface area contributed by atoms with E-state index in [9.17, 15) is 4.79 Å². The molecule has 5 heteroatoms. The van der Waals surface area contributed by atoms with Crippen LogP contribution in [-0.2, 0) is 0 Å². The Morgan fingerprint density at radius 1 is 1.19 bits per heavy atom. The standard InChI is InChI=1S/C16H22Cl2N2O/c1-15(2)8-11(9-16(3,4)20-15)19-14(21)12-7-10(17)5-6-13(12)18/h5-7,11,20H,8-9H2,1-4H3,(H,19,21)/p+1. The molecule has 0 radical (unpaired) electrons. The third-order valence-corrected chi connectivity index (χ3v) is 4.40. The lowest BCUT2D eigenvalue weighted by Gasteiger charge is -2.43. The number of amides is 1. The molecule has 1 heterocycles. The van der Waals surface area contributed by atoms with Crippen LogP contribution in [0.3, 0.4) is 0 Å². The first kappa shape index (κ1) is 16.6. The fourth-order valence-electron chi connectivity index (χ4n) is 3.55. The Labute approximate surface area is 136 Å². The maximum atomic E-state index is 12.4. The van der Waals surface area contributed by atoms with Crippen LogP contribution in [0.15, 0.2) is 18.2 Å². The molecule has 1 amide bonds. The van der Waals surface area contributed by atoms with Crippen LogP contribution in [0.4, 0.5) is 0 Å². The van der Waals surface area contributed by atoms with Crippen LogP contribution >= 0.6 is 23.2 Å². The number of hydrogen-bond acceptors (Lipinski definition) is 1. The highest BCUT2D eigenvalue weighted by Gasteiger charge is 2.42. The highest BCUT2D eigenvalue weighted by Crippen LogP contribution is 2.24. The van der Waals surface area contributed by atoms with Gasteiger partial charge in [0.1, 0.15) is 0 Å². The Bertz CT molecular complexity index is 539. The van der Waals surface area contributed by atoms with Gasteiger partial charge in [-0.15, -0.1) is 0 Å². The van der Waals surface area contributed by atoms with Gasteiger partial charge in [-0.25, -0.2) is 0 Å². The van der Waals surface area contributed by atoms with Gasteiger partial charge in [0.25, 0.3) is 5.91 Å². The molecule has 3 nitrogen and oxygen atoms in total. The van der Waals surface area contributed by atoms with Crippen molar-refractivity contribution in [1.82, 2.24) is 5.32 Å². The van der Waals surface area contributed by atoms with Crippen LogP contribution in [0.2, 0.25) is 10.0 Å². The molecule has 1 aromatic rings. The third kappa shape index (κ3) is 4.35. The number of halogens is 2. The second-order valence-electron chi connectivity index (χ2n) is 7.32. The van der Waals surface area contributed by atoms with E-state index in [0.29, 0.717) is 15.6 Å². The van der Waals surface area contributed by atoms with E-state index < -0.39 is 0 Å². The fourth-order valence-corrected chi connectivity index (χ4v) is 3.93. The molecular weight excluding hydrogens is 307 g/mol. The molecule has 1 fully saturated rings. The maximum Gasteiger partial charge on any atom is 0.253 e. The smallest absolute Gasteiger partial charge is 0.253 e. The minimum atomic E-state index is -0.152. The van der Waals surface area contributed by atoms with Crippen molar-refractivity contribution in [2.45, 2.75) is 57.7 Å². The average molecular weight is 330 g/mol. The summed E-state index contributed by atoms with van der Waals surface area (Å²) in [5, 5.41) is 6.44. The third-order valence-electron chi connectivity index (χ3n) is 3.83. The molecule has 21 heavy (non-hydrogen) atoms. The zero-order valence-electron chi connectivity index (χ0n) is 13.0. The summed E-state index contributed by atoms with van der Waals surface area (Å²) in [5.74, 6) is -0.152. The van der Waals surface area contributed by atoms with E-state index in [1.807, 2.05) is 0 Å². The number of hydrogen-bond donors (Lipinski definition) is 2. The summed E-state index contributed by atoms with van der Waals surface area (Å²) in [7, 11) is 0. The number of carbonyl (C=O) groups excluding carboxylic acids is 1. The first-order chi connectivity index (χ1) is 9.58. The van der Waals surface area contributed by atoms with Crippen molar-refractivity contribution >= 4 is 29.1 Å². The molecule has 0 atom stereocenters. The summed E-state index contributed by atoms with van der Waals surface area (Å²) < 4.78 is 0. The molecule has 3 N–H and O–H groups in total. The molecule has 0 unspecified atom stereocenters. The normalized spacial score (nSPS) is 21.0. The number of nitrogens with two attached hydrogens (primary N) is 1. The molecule has 1 aliphatic rings. The second kappa shape index (κ2) is 5.79. The van der Waals surface area contributed by atoms with Gasteiger partial charge in [0.2, 0.25) is 0 Å². The predicted octanol–water partition coefficient (Wildman–Crippen LogP) is 3.01. The van der Waals surface area contributed by atoms with E-state index in [0.717, 1.165) is 12.8 Å². The highest BCUT2D eigenvalue weighted by atomic mass is 35.5. The molecule has 0 bridgehead atoms. The molecule has 0 spiro atoms. The minimum absolute atomic E-state index is 0.109. The Morgan fingerprint density at radius 2 is 1.76 bits per heavy atom. The predicted molar refractivity (Wildman–Crippen MR) is 87.0 cm³/mol. The average Bonchev–Trinajstić information content (AvgIpc) is 2.27. The Kier molecular flexibility index (Phi) is 4.57. The van der Waals surface area contributed by atoms with Crippen molar-refractivity contribution in [2.24, 2.45) is 0 Å². The molecular formula is C16H23Cl2N2O+. The van der Waals surface area contributed by atoms with Crippen LogP contribution in [0.25, 0.3) is 0 Å². The number of nitrogens with one attached hydrogen (secondary N) is 1. The summed E-state index contributed by atoms with van der Waals surface area (Å²) in [4.78, 5) is 12.4. The van der Waals surface area contributed by atoms with E-state index in [1.165, 1.54) is 0 Å². The number of quaternary nitrogens is 1. The number of rotatable bonds is 2. The Morgan fingerprint density at radius 3 is 2.33 bits per heavy atom. The van der Waals surface area contributed by atoms with Gasteiger partial charge < -0.3 is 10.6 Å². The lowest BCUT2D eigenvalue weighted by molar-refractivity contribution is -0.787. The van der Waals surface area contributed by atoms with E-state index in [-0.39, 0.29) is 23.0 Å². The highest BCUT2D eigenvalue weighted by molar-refractivity contribution is 6.35. The number of piperidine rings is 1. The summed E-state index contributed by atoms with van der Waals surface area (Å²) in [6.45, 7) is 8.83. The van der Waals surface area contributed by atoms with Crippen LogP contribution in [-0.4, -0.2) is 23.0 Å². The summed E-state index contributed by atoms with van der Waals surface area (Å²) in [6, 6.07) is 5.09. The monoisotopic (exact) mass is 329 g/mol. The minimum Gasteiger partial charge on any atom is -0.349 e. The van der Waals surface area contributed by atoms with Gasteiger partial charge in [-0.2, -0.15) is 0 Å². The van der Waals surface area contributed by atoms with Gasteiger partial charge in [-0.1, -0.05) is 23.2 Å². The first-order valence-corrected chi connectivity index (χ1v) is 7.97. The topological polar surface area (TPSA) is 45.7 Å². The van der Waals surface area contributed by atoms with E-state index in [4.69, 9.17) is 23.2 Å². The van der Waals surface area contributed by atoms with Crippen LogP contribution in [0.1, 0.15) is 50.9 Å². The lowest BCUT2D eigenvalue weighted by Crippen LogP contribution is -3.06.